The lowest BCUT2D eigenvalue weighted by Gasteiger charge is -2.28. The van der Waals surface area contributed by atoms with E-state index in [4.69, 9.17) is 0 Å². The Labute approximate surface area is 481 Å². The van der Waals surface area contributed by atoms with Gasteiger partial charge in [0, 0.05) is 53.7 Å². The van der Waals surface area contributed by atoms with E-state index >= 15 is 0 Å². The van der Waals surface area contributed by atoms with Crippen molar-refractivity contribution in [3.05, 3.63) is 193 Å². The van der Waals surface area contributed by atoms with E-state index in [2.05, 4.69) is 0 Å². The topological polar surface area (TPSA) is 183 Å². The molecule has 77 heavy (non-hydrogen) atoms. The van der Waals surface area contributed by atoms with E-state index in [1.807, 2.05) is 98.1 Å². The Balaban J connectivity index is 0.00000320. The summed E-state index contributed by atoms with van der Waals surface area (Å²) in [5.41, 5.74) is 1.03. The van der Waals surface area contributed by atoms with Gasteiger partial charge < -0.3 is 9.11 Å². The first kappa shape index (κ1) is 65.1. The minimum atomic E-state index is -5.26. The molecule has 0 bridgehead atoms. The molecule has 0 unspecified atom stereocenters. The van der Waals surface area contributed by atoms with Gasteiger partial charge >= 0.3 is 0 Å². The third kappa shape index (κ3) is 16.1. The molecule has 0 saturated heterocycles. The summed E-state index contributed by atoms with van der Waals surface area (Å²) in [6, 6.07) is 50.6. The molecule has 0 aliphatic carbocycles. The van der Waals surface area contributed by atoms with Crippen molar-refractivity contribution in [2.45, 2.75) is 134 Å². The molecule has 0 N–H and O–H groups in total. The summed E-state index contributed by atoms with van der Waals surface area (Å²) in [4.78, 5) is 5.92. The average molecular weight is 1220 g/mol. The van der Waals surface area contributed by atoms with Crippen molar-refractivity contribution in [1.82, 2.24) is 0 Å². The Kier molecular flexibility index (Phi) is 22.6. The zero-order valence-electron chi connectivity index (χ0n) is 39.0. The highest BCUT2D eigenvalue weighted by atomic mass is 32.2. The molecule has 10 nitrogen and oxygen atoms in total. The summed E-state index contributed by atoms with van der Waals surface area (Å²) < 4.78 is 129. The van der Waals surface area contributed by atoms with Gasteiger partial charge in [0.05, 0.1) is 29.4 Å². The van der Waals surface area contributed by atoms with Crippen LogP contribution in [0.1, 0.15) is 54.7 Å². The zero-order valence-corrected chi connectivity index (χ0v) is 47.2. The Hall–Kier alpha value is -4.42. The standard InChI is InChI=1S/C53H44O10S10.4CH4/c1-35-5-25-45(26-6-35)70(54,55)46-27-23-42(24-28-46)67-39-13-11-38(12-14-39)66-41-19-21-44(22-20-41)69-53(2,3)49-31-29-47(33-51(49)72(58,59)60)71(56,57)48-30-32-50(52(34-48)73(61,62)63)68-43-17-15-40(16-18-43)65-37-9-7-36(64-4)8-10-37;;;;/h5-34H,1-4H3,(H,58,59,60)(H,61,62,63);4*1H4/p-2. The molecular weight excluding hydrogens is 1170 g/mol. The molecule has 0 aliphatic heterocycles. The molecule has 0 saturated carbocycles. The Morgan fingerprint density at radius 2 is 0.662 bits per heavy atom. The summed E-state index contributed by atoms with van der Waals surface area (Å²) in [6.07, 6.45) is 2.00. The lowest BCUT2D eigenvalue weighted by atomic mass is 10.0. The number of thioether (sulfide) groups is 2. The summed E-state index contributed by atoms with van der Waals surface area (Å²) in [5.74, 6) is 0. The third-order valence-corrected chi connectivity index (χ3v) is 22.5. The van der Waals surface area contributed by atoms with Gasteiger partial charge in [0.15, 0.2) is 0 Å². The van der Waals surface area contributed by atoms with Gasteiger partial charge in [0.1, 0.15) is 20.2 Å². The molecule has 8 rings (SSSR count). The maximum Gasteiger partial charge on any atom is 0.206 e. The van der Waals surface area contributed by atoms with Gasteiger partial charge in [-0.2, -0.15) is 0 Å². The fourth-order valence-corrected chi connectivity index (χ4v) is 16.7. The molecule has 0 spiro atoms. The first-order valence-corrected chi connectivity index (χ1v) is 32.8. The van der Waals surface area contributed by atoms with Gasteiger partial charge in [-0.25, -0.2) is 33.7 Å². The first-order valence-electron chi connectivity index (χ1n) is 21.7. The van der Waals surface area contributed by atoms with E-state index in [0.717, 1.165) is 80.8 Å². The van der Waals surface area contributed by atoms with E-state index < -0.39 is 64.2 Å². The van der Waals surface area contributed by atoms with Crippen LogP contribution in [-0.2, 0) is 44.7 Å². The second kappa shape index (κ2) is 26.7. The minimum absolute atomic E-state index is 0. The maximum atomic E-state index is 14.0. The summed E-state index contributed by atoms with van der Waals surface area (Å²) in [5, 5.41) is 0. The second-order valence-corrected chi connectivity index (χ2v) is 30.3. The van der Waals surface area contributed by atoms with Crippen LogP contribution in [0, 0.1) is 6.92 Å². The molecule has 0 heterocycles. The van der Waals surface area contributed by atoms with Gasteiger partial charge in [-0.05, 0) is 196 Å². The van der Waals surface area contributed by atoms with Crippen molar-refractivity contribution in [2.75, 3.05) is 6.26 Å². The van der Waals surface area contributed by atoms with Crippen LogP contribution in [0.15, 0.2) is 260 Å². The third-order valence-electron chi connectivity index (χ3n) is 11.0. The monoisotopic (exact) mass is 1220 g/mol. The molecule has 0 atom stereocenters. The van der Waals surface area contributed by atoms with Crippen LogP contribution in [0.25, 0.3) is 0 Å². The summed E-state index contributed by atoms with van der Waals surface area (Å²) >= 11 is 8.44. The molecule has 408 valence electrons. The van der Waals surface area contributed by atoms with Crippen molar-refractivity contribution in [1.29, 1.82) is 0 Å². The van der Waals surface area contributed by atoms with Crippen LogP contribution >= 0.6 is 70.6 Å². The molecule has 0 radical (unpaired) electrons. The van der Waals surface area contributed by atoms with Crippen molar-refractivity contribution < 1.29 is 42.8 Å². The highest BCUT2D eigenvalue weighted by molar-refractivity contribution is 8.01. The Bertz CT molecular complexity index is 3760. The van der Waals surface area contributed by atoms with Crippen molar-refractivity contribution >= 4 is 110 Å². The van der Waals surface area contributed by atoms with Gasteiger partial charge in [-0.3, -0.25) is 0 Å². The Morgan fingerprint density at radius 3 is 1.05 bits per heavy atom. The molecule has 0 aromatic heterocycles. The highest BCUT2D eigenvalue weighted by Gasteiger charge is 2.30. The SMILES string of the molecule is C.C.C.C.CSc1ccc(Sc2ccc(Sc3ccc(S(=O)(=O)c4ccc(C(C)(C)Sc5ccc(Sc6ccc(Sc7ccc(S(=O)(=O)c8ccc(C)cc8)cc7)cc6)cc5)c(S(=O)(=O)[O-])c4)cc3S(=O)(=O)[O-])cc2)cc1. The maximum absolute atomic E-state index is 14.0. The van der Waals surface area contributed by atoms with Crippen LogP contribution in [0.4, 0.5) is 0 Å². The van der Waals surface area contributed by atoms with Gasteiger partial charge in [-0.15, -0.1) is 23.5 Å². The second-order valence-electron chi connectivity index (χ2n) is 16.6. The molecule has 0 aliphatic rings. The number of hydrogen-bond donors (Lipinski definition) is 0. The number of aryl methyl sites for hydroxylation is 1. The number of hydrogen-bond acceptors (Lipinski definition) is 16. The lowest BCUT2D eigenvalue weighted by Crippen LogP contribution is -2.18. The molecule has 0 amide bonds. The smallest absolute Gasteiger partial charge is 0.206 e. The number of benzene rings is 8. The zero-order chi connectivity index (χ0) is 52.3. The van der Waals surface area contributed by atoms with Crippen molar-refractivity contribution in [3.63, 3.8) is 0 Å². The van der Waals surface area contributed by atoms with Crippen LogP contribution in [0.5, 0.6) is 0 Å². The molecule has 8 aromatic carbocycles. The molecule has 8 aromatic rings. The summed E-state index contributed by atoms with van der Waals surface area (Å²) in [7, 11) is -18.8. The highest BCUT2D eigenvalue weighted by Crippen LogP contribution is 2.45. The predicted octanol–water partition coefficient (Wildman–Crippen LogP) is 16.4. The van der Waals surface area contributed by atoms with Crippen LogP contribution in [0.2, 0.25) is 0 Å². The van der Waals surface area contributed by atoms with Gasteiger partial charge in [-0.1, -0.05) is 101 Å². The van der Waals surface area contributed by atoms with E-state index in [0.29, 0.717) is 4.90 Å². The fraction of sp³-hybridized carbons (Fsp3) is 0.158. The molecule has 20 heteroatoms. The van der Waals surface area contributed by atoms with Gasteiger partial charge in [0.25, 0.3) is 0 Å². The average Bonchev–Trinajstić information content (AvgIpc) is 3.35. The summed E-state index contributed by atoms with van der Waals surface area (Å²) in [6.45, 7) is 5.31. The van der Waals surface area contributed by atoms with E-state index in [1.165, 1.54) is 59.2 Å². The van der Waals surface area contributed by atoms with Crippen molar-refractivity contribution in [3.8, 4) is 0 Å². The van der Waals surface area contributed by atoms with Gasteiger partial charge in [0.2, 0.25) is 19.7 Å². The minimum Gasteiger partial charge on any atom is -0.744 e. The quantitative estimate of drug-likeness (QED) is 0.0583. The lowest BCUT2D eigenvalue weighted by molar-refractivity contribution is 0.458. The van der Waals surface area contributed by atoms with Crippen LogP contribution < -0.4 is 0 Å². The van der Waals surface area contributed by atoms with E-state index in [9.17, 15) is 42.8 Å². The van der Waals surface area contributed by atoms with Crippen molar-refractivity contribution in [2.24, 2.45) is 0 Å². The largest absolute Gasteiger partial charge is 0.744 e. The molecular formula is C57H58O10S10-2. The predicted molar refractivity (Wildman–Crippen MR) is 317 cm³/mol. The van der Waals surface area contributed by atoms with E-state index in [1.54, 1.807) is 86.3 Å². The first-order chi connectivity index (χ1) is 34.5. The van der Waals surface area contributed by atoms with E-state index in [-0.39, 0.29) is 50.0 Å². The van der Waals surface area contributed by atoms with Crippen LogP contribution in [-0.4, -0.2) is 49.0 Å². The number of sulfone groups is 2. The number of rotatable bonds is 18. The fourth-order valence-electron chi connectivity index (χ4n) is 7.24. The normalized spacial score (nSPS) is 11.8. The molecule has 0 fully saturated rings. The van der Waals surface area contributed by atoms with Crippen LogP contribution in [0.3, 0.4) is 0 Å². The Morgan fingerprint density at radius 1 is 0.364 bits per heavy atom.